The van der Waals surface area contributed by atoms with Crippen LogP contribution in [0.1, 0.15) is 62.0 Å². The van der Waals surface area contributed by atoms with Crippen LogP contribution in [-0.2, 0) is 21.2 Å². The van der Waals surface area contributed by atoms with E-state index in [2.05, 4.69) is 0 Å². The van der Waals surface area contributed by atoms with Gasteiger partial charge in [-0.1, -0.05) is 24.6 Å². The van der Waals surface area contributed by atoms with Crippen LogP contribution in [0.3, 0.4) is 0 Å². The molecule has 5 nitrogen and oxygen atoms in total. The van der Waals surface area contributed by atoms with E-state index in [0.717, 1.165) is 62.3 Å². The van der Waals surface area contributed by atoms with Crippen molar-refractivity contribution in [1.82, 2.24) is 4.72 Å². The van der Waals surface area contributed by atoms with Gasteiger partial charge in [-0.25, -0.2) is 12.8 Å². The number of sulfonamides is 1. The van der Waals surface area contributed by atoms with E-state index in [1.54, 1.807) is 12.1 Å². The number of benzene rings is 2. The van der Waals surface area contributed by atoms with Crippen LogP contribution in [0.4, 0.5) is 4.39 Å². The lowest BCUT2D eigenvalue weighted by atomic mass is 9.76. The first-order valence-corrected chi connectivity index (χ1v) is 12.8. The fourth-order valence-corrected chi connectivity index (χ4v) is 4.98. The minimum atomic E-state index is -3.62. The second kappa shape index (κ2) is 8.99. The van der Waals surface area contributed by atoms with Crippen molar-refractivity contribution in [2.45, 2.75) is 63.4 Å². The highest BCUT2D eigenvalue weighted by Gasteiger charge is 2.27. The molecule has 0 saturated heterocycles. The van der Waals surface area contributed by atoms with Gasteiger partial charge in [-0.15, -0.1) is 0 Å². The molecule has 0 spiro atoms. The highest BCUT2D eigenvalue weighted by molar-refractivity contribution is 7.89. The maximum atomic E-state index is 14.9. The first-order chi connectivity index (χ1) is 14.8. The van der Waals surface area contributed by atoms with Crippen molar-refractivity contribution in [3.8, 4) is 16.9 Å². The lowest BCUT2D eigenvalue weighted by Gasteiger charge is -2.29. The van der Waals surface area contributed by atoms with E-state index in [0.29, 0.717) is 16.9 Å². The summed E-state index contributed by atoms with van der Waals surface area (Å²) in [5, 5.41) is 0. The molecular weight excluding hydrogens is 417 g/mol. The van der Waals surface area contributed by atoms with E-state index in [1.807, 2.05) is 22.9 Å². The van der Waals surface area contributed by atoms with Gasteiger partial charge >= 0.3 is 0 Å². The molecule has 2 saturated carbocycles. The Kier molecular flexibility index (Phi) is 6.32. The molecule has 7 heteroatoms. The number of hydrogen-bond acceptors (Lipinski definition) is 4. The summed E-state index contributed by atoms with van der Waals surface area (Å²) in [5.74, 6) is 0.0590. The molecule has 0 atom stereocenters. The quantitative estimate of drug-likeness (QED) is 0.671. The monoisotopic (exact) mass is 445 g/mol. The summed E-state index contributed by atoms with van der Waals surface area (Å²) in [6.45, 7) is 0. The molecule has 0 bridgehead atoms. The van der Waals surface area contributed by atoms with Crippen LogP contribution in [0.5, 0.6) is 5.75 Å². The second-order valence-corrected chi connectivity index (χ2v) is 10.4. The zero-order valence-corrected chi connectivity index (χ0v) is 18.5. The predicted molar refractivity (Wildman–Crippen MR) is 118 cm³/mol. The second-order valence-electron chi connectivity index (χ2n) is 8.66. The first kappa shape index (κ1) is 21.8. The van der Waals surface area contributed by atoms with Crippen molar-refractivity contribution >= 4 is 15.9 Å². The molecule has 4 rings (SSSR count). The van der Waals surface area contributed by atoms with Gasteiger partial charge in [-0.05, 0) is 79.3 Å². The fraction of sp³-hybridized carbons (Fsp3) is 0.458. The number of amides is 1. The maximum Gasteiger partial charge on any atom is 0.237 e. The minimum Gasteiger partial charge on any atom is -0.490 e. The van der Waals surface area contributed by atoms with Crippen LogP contribution in [0, 0.1) is 5.82 Å². The summed E-state index contributed by atoms with van der Waals surface area (Å²) in [6.07, 6.45) is 8.28. The third-order valence-electron chi connectivity index (χ3n) is 6.16. The topological polar surface area (TPSA) is 72.5 Å². The maximum absolute atomic E-state index is 14.9. The van der Waals surface area contributed by atoms with Crippen molar-refractivity contribution in [2.24, 2.45) is 0 Å². The normalized spacial score (nSPS) is 17.4. The Hall–Kier alpha value is -2.41. The molecule has 0 heterocycles. The average molecular weight is 446 g/mol. The van der Waals surface area contributed by atoms with Crippen molar-refractivity contribution in [1.29, 1.82) is 0 Å². The Morgan fingerprint density at radius 2 is 1.81 bits per heavy atom. The van der Waals surface area contributed by atoms with Crippen molar-refractivity contribution in [3.63, 3.8) is 0 Å². The summed E-state index contributed by atoms with van der Waals surface area (Å²) in [7, 11) is -3.62. The van der Waals surface area contributed by atoms with Gasteiger partial charge in [0.05, 0.1) is 18.8 Å². The Morgan fingerprint density at radius 3 is 2.45 bits per heavy atom. The molecule has 0 radical (unpaired) electrons. The standard InChI is InChI=1S/C24H28FNO4S/c1-31(28,29)26-23(27)15-16-12-13-22(30-18-8-2-3-9-18)20(14-16)19-10-5-11-21(25)24(19)17-6-4-7-17/h5,10-14,17-18H,2-4,6-9,15H2,1H3,(H,26,27). The molecular formula is C24H28FNO4S. The van der Waals surface area contributed by atoms with Gasteiger partial charge < -0.3 is 4.74 Å². The zero-order valence-electron chi connectivity index (χ0n) is 17.7. The Morgan fingerprint density at radius 1 is 1.06 bits per heavy atom. The molecule has 1 N–H and O–H groups in total. The summed E-state index contributed by atoms with van der Waals surface area (Å²) in [5.41, 5.74) is 2.92. The lowest BCUT2D eigenvalue weighted by Crippen LogP contribution is -2.30. The van der Waals surface area contributed by atoms with Crippen LogP contribution in [-0.4, -0.2) is 26.7 Å². The van der Waals surface area contributed by atoms with Gasteiger partial charge in [0, 0.05) is 5.56 Å². The van der Waals surface area contributed by atoms with E-state index >= 15 is 0 Å². The van der Waals surface area contributed by atoms with Gasteiger partial charge in [0.2, 0.25) is 15.9 Å². The van der Waals surface area contributed by atoms with Gasteiger partial charge in [-0.3, -0.25) is 9.52 Å². The molecule has 2 aromatic rings. The Bertz CT molecular complexity index is 1070. The number of nitrogens with one attached hydrogen (secondary N) is 1. The zero-order chi connectivity index (χ0) is 22.0. The third kappa shape index (κ3) is 5.26. The molecule has 1 amide bonds. The fourth-order valence-electron chi connectivity index (χ4n) is 4.50. The number of carbonyl (C=O) groups is 1. The van der Waals surface area contributed by atoms with E-state index in [1.165, 1.54) is 6.07 Å². The predicted octanol–water partition coefficient (Wildman–Crippen LogP) is 4.70. The molecule has 0 unspecified atom stereocenters. The molecule has 2 fully saturated rings. The first-order valence-electron chi connectivity index (χ1n) is 10.9. The van der Waals surface area contributed by atoms with Crippen LogP contribution < -0.4 is 9.46 Å². The lowest BCUT2D eigenvalue weighted by molar-refractivity contribution is -0.118. The van der Waals surface area contributed by atoms with E-state index in [4.69, 9.17) is 4.74 Å². The molecule has 0 aliphatic heterocycles. The van der Waals surface area contributed by atoms with Crippen LogP contribution in [0.2, 0.25) is 0 Å². The minimum absolute atomic E-state index is 0.0855. The molecule has 166 valence electrons. The highest BCUT2D eigenvalue weighted by Crippen LogP contribution is 2.45. The molecule has 31 heavy (non-hydrogen) atoms. The average Bonchev–Trinajstić information content (AvgIpc) is 3.15. The number of ether oxygens (including phenoxy) is 1. The van der Waals surface area contributed by atoms with E-state index < -0.39 is 15.9 Å². The van der Waals surface area contributed by atoms with Gasteiger partial charge in [0.1, 0.15) is 11.6 Å². The SMILES string of the molecule is CS(=O)(=O)NC(=O)Cc1ccc(OC2CCCC2)c(-c2cccc(F)c2C2CCC2)c1. The molecule has 0 aromatic heterocycles. The van der Waals surface area contributed by atoms with Crippen molar-refractivity contribution in [3.05, 3.63) is 53.3 Å². The largest absolute Gasteiger partial charge is 0.490 e. The summed E-state index contributed by atoms with van der Waals surface area (Å²) in [4.78, 5) is 12.1. The molecule has 2 aliphatic rings. The van der Waals surface area contributed by atoms with Gasteiger partial charge in [0.15, 0.2) is 0 Å². The Labute approximate surface area is 183 Å². The highest BCUT2D eigenvalue weighted by atomic mass is 32.2. The number of hydrogen-bond donors (Lipinski definition) is 1. The Balaban J connectivity index is 1.73. The summed E-state index contributed by atoms with van der Waals surface area (Å²) >= 11 is 0. The van der Waals surface area contributed by atoms with Crippen LogP contribution in [0.15, 0.2) is 36.4 Å². The van der Waals surface area contributed by atoms with Crippen LogP contribution in [0.25, 0.3) is 11.1 Å². The van der Waals surface area contributed by atoms with Crippen molar-refractivity contribution in [2.75, 3.05) is 6.26 Å². The summed E-state index contributed by atoms with van der Waals surface area (Å²) in [6, 6.07) is 10.6. The molecule has 2 aromatic carbocycles. The third-order valence-corrected chi connectivity index (χ3v) is 6.76. The van der Waals surface area contributed by atoms with E-state index in [9.17, 15) is 17.6 Å². The van der Waals surface area contributed by atoms with Gasteiger partial charge in [0.25, 0.3) is 0 Å². The van der Waals surface area contributed by atoms with Crippen molar-refractivity contribution < 1.29 is 22.3 Å². The number of halogens is 1. The van der Waals surface area contributed by atoms with Gasteiger partial charge in [-0.2, -0.15) is 0 Å². The van der Waals surface area contributed by atoms with E-state index in [-0.39, 0.29) is 24.3 Å². The summed E-state index contributed by atoms with van der Waals surface area (Å²) < 4.78 is 45.9. The molecule has 2 aliphatic carbocycles. The smallest absolute Gasteiger partial charge is 0.237 e. The number of carbonyl (C=O) groups excluding carboxylic acids is 1. The van der Waals surface area contributed by atoms with Crippen LogP contribution >= 0.6 is 0 Å². The number of rotatable bonds is 7.